The van der Waals surface area contributed by atoms with Gasteiger partial charge in [-0.25, -0.2) is 0 Å². The molecule has 0 saturated heterocycles. The molecular weight excluding hydrogens is 711 g/mol. The summed E-state index contributed by atoms with van der Waals surface area (Å²) in [6.07, 6.45) is 12.5. The summed E-state index contributed by atoms with van der Waals surface area (Å²) in [5.41, 5.74) is 6.53. The second kappa shape index (κ2) is 14.9. The van der Waals surface area contributed by atoms with Gasteiger partial charge in [0.1, 0.15) is 0 Å². The average Bonchev–Trinajstić information content (AvgIpc) is 3.11. The van der Waals surface area contributed by atoms with Gasteiger partial charge in [0.05, 0.1) is 0 Å². The van der Waals surface area contributed by atoms with Gasteiger partial charge in [0, 0.05) is 24.9 Å². The fourth-order valence-corrected chi connectivity index (χ4v) is 8.25. The SMILES string of the molecule is O=P(c1ccc(C=Cc2ccccc2)cc1)(c1ccc(C=Cc2ccc(Br)cc2)cc1)c1ccc(C=Cc2ccc(Br)cc2)cc1. The van der Waals surface area contributed by atoms with E-state index in [4.69, 9.17) is 0 Å². The first-order chi connectivity index (χ1) is 22.5. The molecule has 0 heterocycles. The normalized spacial score (nSPS) is 13.0. The maximum Gasteiger partial charge on any atom is 0.171 e. The maximum absolute atomic E-state index is 15.3. The smallest absolute Gasteiger partial charge is 0.171 e. The van der Waals surface area contributed by atoms with Gasteiger partial charge in [0.2, 0.25) is 0 Å². The van der Waals surface area contributed by atoms with E-state index in [0.29, 0.717) is 0 Å². The molecule has 46 heavy (non-hydrogen) atoms. The lowest BCUT2D eigenvalue weighted by atomic mass is 10.1. The summed E-state index contributed by atoms with van der Waals surface area (Å²) >= 11 is 6.98. The van der Waals surface area contributed by atoms with Crippen molar-refractivity contribution in [3.63, 3.8) is 0 Å². The van der Waals surface area contributed by atoms with Crippen LogP contribution in [-0.2, 0) is 4.57 Å². The number of hydrogen-bond acceptors (Lipinski definition) is 1. The molecule has 0 aliphatic rings. The first-order valence-electron chi connectivity index (χ1n) is 15.0. The molecule has 0 fully saturated rings. The van der Waals surface area contributed by atoms with Crippen molar-refractivity contribution in [2.45, 2.75) is 0 Å². The Balaban J connectivity index is 1.31. The molecule has 0 bridgehead atoms. The summed E-state index contributed by atoms with van der Waals surface area (Å²) in [4.78, 5) is 0. The molecule has 0 aromatic heterocycles. The molecule has 0 unspecified atom stereocenters. The lowest BCUT2D eigenvalue weighted by molar-refractivity contribution is 0.592. The Labute approximate surface area is 288 Å². The summed E-state index contributed by atoms with van der Waals surface area (Å²) in [6.45, 7) is 0. The quantitative estimate of drug-likeness (QED) is 0.107. The molecule has 6 aromatic carbocycles. The predicted octanol–water partition coefficient (Wildman–Crippen LogP) is 11.4. The van der Waals surface area contributed by atoms with Crippen LogP contribution in [0.5, 0.6) is 0 Å². The topological polar surface area (TPSA) is 17.1 Å². The third-order valence-electron chi connectivity index (χ3n) is 7.71. The van der Waals surface area contributed by atoms with Crippen molar-refractivity contribution in [2.75, 3.05) is 0 Å². The fraction of sp³-hybridized carbons (Fsp3) is 0. The van der Waals surface area contributed by atoms with Crippen molar-refractivity contribution in [3.8, 4) is 0 Å². The van der Waals surface area contributed by atoms with Gasteiger partial charge >= 0.3 is 0 Å². The Hall–Kier alpha value is -4.27. The van der Waals surface area contributed by atoms with Gasteiger partial charge in [0.25, 0.3) is 0 Å². The summed E-state index contributed by atoms with van der Waals surface area (Å²) in [5, 5.41) is 2.42. The fourth-order valence-electron chi connectivity index (χ4n) is 5.12. The minimum atomic E-state index is -3.16. The van der Waals surface area contributed by atoms with Crippen LogP contribution in [-0.4, -0.2) is 0 Å². The highest BCUT2D eigenvalue weighted by atomic mass is 79.9. The molecule has 0 radical (unpaired) electrons. The first-order valence-corrected chi connectivity index (χ1v) is 18.3. The van der Waals surface area contributed by atoms with E-state index in [2.05, 4.69) is 105 Å². The van der Waals surface area contributed by atoms with Gasteiger partial charge in [-0.1, -0.05) is 196 Å². The lowest BCUT2D eigenvalue weighted by Gasteiger charge is -2.20. The van der Waals surface area contributed by atoms with Gasteiger partial charge in [-0.05, 0) is 57.6 Å². The molecule has 6 rings (SSSR count). The van der Waals surface area contributed by atoms with E-state index < -0.39 is 7.14 Å². The number of hydrogen-bond donors (Lipinski definition) is 0. The zero-order valence-corrected chi connectivity index (χ0v) is 29.1. The Morgan fingerprint density at radius 1 is 0.326 bits per heavy atom. The van der Waals surface area contributed by atoms with Crippen LogP contribution >= 0.6 is 39.0 Å². The Kier molecular flexibility index (Phi) is 10.3. The zero-order chi connectivity index (χ0) is 31.8. The molecule has 0 spiro atoms. The van der Waals surface area contributed by atoms with Crippen LogP contribution in [0.25, 0.3) is 36.5 Å². The molecule has 0 amide bonds. The summed E-state index contributed by atoms with van der Waals surface area (Å²) in [6, 6.07) is 51.0. The van der Waals surface area contributed by atoms with E-state index in [1.54, 1.807) is 0 Å². The second-order valence-electron chi connectivity index (χ2n) is 10.9. The number of halogens is 2. The monoisotopic (exact) mass is 740 g/mol. The minimum absolute atomic E-state index is 0.805. The lowest BCUT2D eigenvalue weighted by Crippen LogP contribution is -2.25. The van der Waals surface area contributed by atoms with Crippen LogP contribution in [0.3, 0.4) is 0 Å². The van der Waals surface area contributed by atoms with E-state index in [-0.39, 0.29) is 0 Å². The largest absolute Gasteiger partial charge is 0.309 e. The number of rotatable bonds is 9. The standard InChI is InChI=1S/C42H31Br2OP/c43-38-22-12-33(13-23-38)8-10-36-18-28-41(29-19-36)46(45,40-26-16-35(17-27-40)7-6-32-4-2-1-3-5-32)42-30-20-37(21-31-42)11-9-34-14-24-39(44)25-15-34/h1-31H. The third-order valence-corrected chi connectivity index (χ3v) is 11.8. The van der Waals surface area contributed by atoms with Gasteiger partial charge in [0.15, 0.2) is 7.14 Å². The maximum atomic E-state index is 15.3. The van der Waals surface area contributed by atoms with E-state index in [1.165, 1.54) is 0 Å². The summed E-state index contributed by atoms with van der Waals surface area (Å²) in [7, 11) is -3.16. The highest BCUT2D eigenvalue weighted by molar-refractivity contribution is 9.10. The molecule has 0 aliphatic heterocycles. The van der Waals surface area contributed by atoms with Crippen molar-refractivity contribution >= 4 is 91.4 Å². The second-order valence-corrected chi connectivity index (χ2v) is 15.5. The Morgan fingerprint density at radius 3 is 0.848 bits per heavy atom. The molecule has 0 saturated carbocycles. The minimum Gasteiger partial charge on any atom is -0.309 e. The first kappa shape index (κ1) is 31.7. The van der Waals surface area contributed by atoms with Crippen molar-refractivity contribution in [1.82, 2.24) is 0 Å². The highest BCUT2D eigenvalue weighted by Gasteiger charge is 2.29. The zero-order valence-electron chi connectivity index (χ0n) is 25.0. The molecule has 0 N–H and O–H groups in total. The van der Waals surface area contributed by atoms with E-state index in [9.17, 15) is 0 Å². The van der Waals surface area contributed by atoms with Gasteiger partial charge in [-0.15, -0.1) is 0 Å². The van der Waals surface area contributed by atoms with Crippen molar-refractivity contribution in [3.05, 3.63) is 194 Å². The van der Waals surface area contributed by atoms with Gasteiger partial charge < -0.3 is 4.57 Å². The highest BCUT2D eigenvalue weighted by Crippen LogP contribution is 2.42. The van der Waals surface area contributed by atoms with Gasteiger partial charge in [-0.3, -0.25) is 0 Å². The Bertz CT molecular complexity index is 1920. The third kappa shape index (κ3) is 7.92. The predicted molar refractivity (Wildman–Crippen MR) is 207 cm³/mol. The molecule has 6 aromatic rings. The van der Waals surface area contributed by atoms with E-state index >= 15 is 4.57 Å². The van der Waals surface area contributed by atoms with Crippen LogP contribution in [0.1, 0.15) is 33.4 Å². The van der Waals surface area contributed by atoms with Gasteiger partial charge in [-0.2, -0.15) is 0 Å². The van der Waals surface area contributed by atoms with Crippen molar-refractivity contribution < 1.29 is 4.57 Å². The number of benzene rings is 6. The van der Waals surface area contributed by atoms with Crippen LogP contribution in [0.15, 0.2) is 161 Å². The van der Waals surface area contributed by atoms with E-state index in [0.717, 1.165) is 58.2 Å². The molecule has 1 nitrogen and oxygen atoms in total. The Morgan fingerprint density at radius 2 is 0.565 bits per heavy atom. The van der Waals surface area contributed by atoms with E-state index in [1.807, 2.05) is 115 Å². The van der Waals surface area contributed by atoms with Crippen LogP contribution in [0.2, 0.25) is 0 Å². The molecule has 0 atom stereocenters. The molecule has 0 aliphatic carbocycles. The van der Waals surface area contributed by atoms with Crippen molar-refractivity contribution in [1.29, 1.82) is 0 Å². The summed E-state index contributed by atoms with van der Waals surface area (Å²) < 4.78 is 17.4. The van der Waals surface area contributed by atoms with Crippen molar-refractivity contribution in [2.24, 2.45) is 0 Å². The van der Waals surface area contributed by atoms with Crippen LogP contribution in [0.4, 0.5) is 0 Å². The molecular formula is C42H31Br2OP. The molecule has 4 heteroatoms. The average molecular weight is 742 g/mol. The van der Waals surface area contributed by atoms with Crippen LogP contribution in [0, 0.1) is 0 Å². The van der Waals surface area contributed by atoms with Crippen LogP contribution < -0.4 is 15.9 Å². The molecule has 224 valence electrons. The summed E-state index contributed by atoms with van der Waals surface area (Å²) in [5.74, 6) is 0.